The van der Waals surface area contributed by atoms with Crippen molar-refractivity contribution in [2.75, 3.05) is 6.61 Å². The molecule has 2 heterocycles. The van der Waals surface area contributed by atoms with Crippen molar-refractivity contribution in [1.82, 2.24) is 4.98 Å². The summed E-state index contributed by atoms with van der Waals surface area (Å²) in [4.78, 5) is 4.23. The van der Waals surface area contributed by atoms with Gasteiger partial charge in [-0.05, 0) is 34.1 Å². The van der Waals surface area contributed by atoms with E-state index in [1.165, 1.54) is 0 Å². The molecule has 3 nitrogen and oxygen atoms in total. The standard InChI is InChI=1S/C10H11BrN2O/c11-7-3-1-5-13-10(7)9(12)8-4-2-6-14-8/h1,3-5,9H,2,6,12H2. The molecule has 1 aromatic heterocycles. The van der Waals surface area contributed by atoms with E-state index in [-0.39, 0.29) is 6.04 Å². The lowest BCUT2D eigenvalue weighted by atomic mass is 10.1. The average molecular weight is 255 g/mol. The fourth-order valence-corrected chi connectivity index (χ4v) is 1.92. The van der Waals surface area contributed by atoms with Crippen LogP contribution in [-0.4, -0.2) is 11.6 Å². The molecule has 1 atom stereocenters. The molecule has 74 valence electrons. The molecule has 1 unspecified atom stereocenters. The summed E-state index contributed by atoms with van der Waals surface area (Å²) in [6.07, 6.45) is 4.69. The van der Waals surface area contributed by atoms with Gasteiger partial charge in [0, 0.05) is 17.1 Å². The predicted molar refractivity (Wildman–Crippen MR) is 57.5 cm³/mol. The Morgan fingerprint density at radius 1 is 1.57 bits per heavy atom. The highest BCUT2D eigenvalue weighted by Gasteiger charge is 2.19. The smallest absolute Gasteiger partial charge is 0.115 e. The normalized spacial score (nSPS) is 17.4. The first kappa shape index (κ1) is 9.68. The van der Waals surface area contributed by atoms with Crippen LogP contribution >= 0.6 is 15.9 Å². The summed E-state index contributed by atoms with van der Waals surface area (Å²) in [7, 11) is 0. The Balaban J connectivity index is 2.26. The van der Waals surface area contributed by atoms with E-state index in [4.69, 9.17) is 10.5 Å². The van der Waals surface area contributed by atoms with Gasteiger partial charge in [-0.15, -0.1) is 0 Å². The molecule has 2 N–H and O–H groups in total. The quantitative estimate of drug-likeness (QED) is 0.880. The van der Waals surface area contributed by atoms with Crippen LogP contribution in [0.5, 0.6) is 0 Å². The summed E-state index contributed by atoms with van der Waals surface area (Å²) >= 11 is 3.42. The van der Waals surface area contributed by atoms with Crippen LogP contribution in [0.2, 0.25) is 0 Å². The van der Waals surface area contributed by atoms with Crippen molar-refractivity contribution >= 4 is 15.9 Å². The third-order valence-corrected chi connectivity index (χ3v) is 2.79. The molecule has 1 aliphatic rings. The molecule has 0 spiro atoms. The van der Waals surface area contributed by atoms with Crippen molar-refractivity contribution < 1.29 is 4.74 Å². The fraction of sp³-hybridized carbons (Fsp3) is 0.300. The molecule has 0 aromatic carbocycles. The molecule has 1 aromatic rings. The van der Waals surface area contributed by atoms with Crippen LogP contribution in [0, 0.1) is 0 Å². The molecular weight excluding hydrogens is 244 g/mol. The van der Waals surface area contributed by atoms with Gasteiger partial charge in [0.15, 0.2) is 0 Å². The number of hydrogen-bond donors (Lipinski definition) is 1. The summed E-state index contributed by atoms with van der Waals surface area (Å²) in [5.74, 6) is 0.824. The summed E-state index contributed by atoms with van der Waals surface area (Å²) in [5, 5.41) is 0. The number of hydrogen-bond acceptors (Lipinski definition) is 3. The predicted octanol–water partition coefficient (Wildman–Crippen LogP) is 2.15. The first-order chi connectivity index (χ1) is 6.79. The molecule has 0 aliphatic carbocycles. The Labute approximate surface area is 91.1 Å². The number of nitrogens with two attached hydrogens (primary N) is 1. The van der Waals surface area contributed by atoms with Crippen molar-refractivity contribution in [1.29, 1.82) is 0 Å². The summed E-state index contributed by atoms with van der Waals surface area (Å²) in [5.41, 5.74) is 6.84. The SMILES string of the molecule is NC(C1=CCCO1)c1ncccc1Br. The monoisotopic (exact) mass is 254 g/mol. The Hall–Kier alpha value is -0.870. The number of nitrogens with zero attached hydrogens (tertiary/aromatic N) is 1. The zero-order valence-corrected chi connectivity index (χ0v) is 9.20. The molecule has 1 aliphatic heterocycles. The van der Waals surface area contributed by atoms with Crippen molar-refractivity contribution in [3.05, 3.63) is 40.3 Å². The van der Waals surface area contributed by atoms with E-state index in [9.17, 15) is 0 Å². The average Bonchev–Trinajstić information content (AvgIpc) is 2.70. The molecule has 14 heavy (non-hydrogen) atoms. The first-order valence-corrected chi connectivity index (χ1v) is 5.27. The lowest BCUT2D eigenvalue weighted by molar-refractivity contribution is 0.224. The summed E-state index contributed by atoms with van der Waals surface area (Å²) in [6, 6.07) is 3.54. The number of pyridine rings is 1. The largest absolute Gasteiger partial charge is 0.496 e. The fourth-order valence-electron chi connectivity index (χ4n) is 1.42. The number of halogens is 1. The zero-order chi connectivity index (χ0) is 9.97. The second-order valence-electron chi connectivity index (χ2n) is 3.09. The zero-order valence-electron chi connectivity index (χ0n) is 7.61. The van der Waals surface area contributed by atoms with Gasteiger partial charge in [-0.1, -0.05) is 0 Å². The molecule has 0 amide bonds. The maximum atomic E-state index is 6.02. The van der Waals surface area contributed by atoms with Crippen molar-refractivity contribution in [3.8, 4) is 0 Å². The van der Waals surface area contributed by atoms with Crippen LogP contribution in [0.3, 0.4) is 0 Å². The van der Waals surface area contributed by atoms with E-state index in [1.807, 2.05) is 18.2 Å². The van der Waals surface area contributed by atoms with Gasteiger partial charge in [0.05, 0.1) is 12.3 Å². The Kier molecular flexibility index (Phi) is 2.84. The Morgan fingerprint density at radius 2 is 2.43 bits per heavy atom. The van der Waals surface area contributed by atoms with E-state index in [0.717, 1.165) is 29.0 Å². The van der Waals surface area contributed by atoms with Crippen molar-refractivity contribution in [3.63, 3.8) is 0 Å². The van der Waals surface area contributed by atoms with E-state index in [1.54, 1.807) is 6.20 Å². The van der Waals surface area contributed by atoms with Crippen LogP contribution in [0.1, 0.15) is 18.2 Å². The Morgan fingerprint density at radius 3 is 3.07 bits per heavy atom. The number of rotatable bonds is 2. The molecule has 0 bridgehead atoms. The second kappa shape index (κ2) is 4.11. The summed E-state index contributed by atoms with van der Waals surface area (Å²) < 4.78 is 6.32. The third kappa shape index (κ3) is 1.81. The third-order valence-electron chi connectivity index (χ3n) is 2.12. The molecule has 2 rings (SSSR count). The van der Waals surface area contributed by atoms with Crippen LogP contribution < -0.4 is 5.73 Å². The lowest BCUT2D eigenvalue weighted by Gasteiger charge is -2.13. The minimum atomic E-state index is -0.256. The number of aromatic nitrogens is 1. The van der Waals surface area contributed by atoms with Gasteiger partial charge in [-0.25, -0.2) is 0 Å². The topological polar surface area (TPSA) is 48.1 Å². The van der Waals surface area contributed by atoms with Crippen molar-refractivity contribution in [2.45, 2.75) is 12.5 Å². The highest BCUT2D eigenvalue weighted by Crippen LogP contribution is 2.27. The highest BCUT2D eigenvalue weighted by molar-refractivity contribution is 9.10. The molecular formula is C10H11BrN2O. The molecule has 0 saturated carbocycles. The maximum Gasteiger partial charge on any atom is 0.115 e. The molecule has 0 saturated heterocycles. The Bertz CT molecular complexity index is 365. The summed E-state index contributed by atoms with van der Waals surface area (Å²) in [6.45, 7) is 0.730. The minimum Gasteiger partial charge on any atom is -0.496 e. The van der Waals surface area contributed by atoms with Crippen molar-refractivity contribution in [2.24, 2.45) is 5.73 Å². The van der Waals surface area contributed by atoms with Gasteiger partial charge in [0.1, 0.15) is 11.8 Å². The minimum absolute atomic E-state index is 0.256. The van der Waals surface area contributed by atoms with Crippen LogP contribution in [-0.2, 0) is 4.74 Å². The molecule has 0 radical (unpaired) electrons. The molecule has 4 heteroatoms. The first-order valence-electron chi connectivity index (χ1n) is 4.48. The van der Waals surface area contributed by atoms with E-state index in [2.05, 4.69) is 20.9 Å². The van der Waals surface area contributed by atoms with Gasteiger partial charge in [-0.2, -0.15) is 0 Å². The highest BCUT2D eigenvalue weighted by atomic mass is 79.9. The van der Waals surface area contributed by atoms with Gasteiger partial charge < -0.3 is 10.5 Å². The number of ether oxygens (including phenoxy) is 1. The van der Waals surface area contributed by atoms with E-state index < -0.39 is 0 Å². The van der Waals surface area contributed by atoms with Crippen LogP contribution in [0.25, 0.3) is 0 Å². The second-order valence-corrected chi connectivity index (χ2v) is 3.95. The maximum absolute atomic E-state index is 6.02. The van der Waals surface area contributed by atoms with E-state index in [0.29, 0.717) is 0 Å². The van der Waals surface area contributed by atoms with Gasteiger partial charge in [-0.3, -0.25) is 4.98 Å². The lowest BCUT2D eigenvalue weighted by Crippen LogP contribution is -2.15. The molecule has 0 fully saturated rings. The van der Waals surface area contributed by atoms with Gasteiger partial charge >= 0.3 is 0 Å². The van der Waals surface area contributed by atoms with Gasteiger partial charge in [0.25, 0.3) is 0 Å². The van der Waals surface area contributed by atoms with Crippen LogP contribution in [0.15, 0.2) is 34.6 Å². The van der Waals surface area contributed by atoms with E-state index >= 15 is 0 Å². The van der Waals surface area contributed by atoms with Gasteiger partial charge in [0.2, 0.25) is 0 Å². The van der Waals surface area contributed by atoms with Crippen LogP contribution in [0.4, 0.5) is 0 Å².